The van der Waals surface area contributed by atoms with E-state index in [9.17, 15) is 13.2 Å². The van der Waals surface area contributed by atoms with Gasteiger partial charge in [-0.1, -0.05) is 49.7 Å². The minimum absolute atomic E-state index is 0.0931. The summed E-state index contributed by atoms with van der Waals surface area (Å²) in [5.74, 6) is -0.442. The van der Waals surface area contributed by atoms with E-state index in [0.717, 1.165) is 35.2 Å². The average molecular weight is 415 g/mol. The number of hydrogen-bond donors (Lipinski definition) is 1. The second-order valence-electron chi connectivity index (χ2n) is 7.66. The van der Waals surface area contributed by atoms with Gasteiger partial charge < -0.3 is 5.32 Å². The Labute approximate surface area is 174 Å². The molecule has 0 aliphatic carbocycles. The molecule has 5 nitrogen and oxygen atoms in total. The predicted octanol–water partition coefficient (Wildman–Crippen LogP) is 4.16. The smallest absolute Gasteiger partial charge is 0.243 e. The number of nitrogens with one attached hydrogen (secondary N) is 1. The lowest BCUT2D eigenvalue weighted by Crippen LogP contribution is -2.43. The average Bonchev–Trinajstić information content (AvgIpc) is 2.74. The Morgan fingerprint density at radius 2 is 1.69 bits per heavy atom. The maximum absolute atomic E-state index is 13.0. The number of nitrogens with zero attached hydrogens (tertiary/aromatic N) is 1. The number of anilines is 1. The van der Waals surface area contributed by atoms with Gasteiger partial charge >= 0.3 is 0 Å². The lowest BCUT2D eigenvalue weighted by atomic mass is 9.97. The Balaban J connectivity index is 1.77. The predicted molar refractivity (Wildman–Crippen MR) is 116 cm³/mol. The molecule has 0 radical (unpaired) electrons. The molecule has 0 saturated carbocycles. The molecule has 1 aliphatic rings. The van der Waals surface area contributed by atoms with E-state index in [1.165, 1.54) is 4.31 Å². The standard InChI is InChI=1S/C23H30N2O3S/c1-4-18-8-6-9-19(5-2)22(18)24-23(26)20-10-7-15-25(16-20)29(27,28)21-13-11-17(3)12-14-21/h6,8-9,11-14,20H,4-5,7,10,15-16H2,1-3H3,(H,24,26)/t20-/m1/s1. The fourth-order valence-corrected chi connectivity index (χ4v) is 5.39. The molecule has 0 aromatic heterocycles. The summed E-state index contributed by atoms with van der Waals surface area (Å²) >= 11 is 0. The maximum atomic E-state index is 13.0. The van der Waals surface area contributed by atoms with Crippen LogP contribution in [0.4, 0.5) is 5.69 Å². The monoisotopic (exact) mass is 414 g/mol. The summed E-state index contributed by atoms with van der Waals surface area (Å²) < 4.78 is 27.5. The Kier molecular flexibility index (Phi) is 6.75. The molecule has 6 heteroatoms. The molecular formula is C23H30N2O3S. The van der Waals surface area contributed by atoms with E-state index in [1.807, 2.05) is 25.1 Å². The van der Waals surface area contributed by atoms with Crippen molar-refractivity contribution in [3.63, 3.8) is 0 Å². The number of sulfonamides is 1. The van der Waals surface area contributed by atoms with Gasteiger partial charge in [-0.05, 0) is 55.9 Å². The van der Waals surface area contributed by atoms with Crippen LogP contribution in [0.1, 0.15) is 43.4 Å². The summed E-state index contributed by atoms with van der Waals surface area (Å²) in [4.78, 5) is 13.3. The third kappa shape index (κ3) is 4.70. The van der Waals surface area contributed by atoms with Crippen LogP contribution in [-0.4, -0.2) is 31.7 Å². The summed E-state index contributed by atoms with van der Waals surface area (Å²) in [7, 11) is -3.59. The third-order valence-corrected chi connectivity index (χ3v) is 7.54. The normalized spacial score (nSPS) is 17.8. The van der Waals surface area contributed by atoms with E-state index < -0.39 is 10.0 Å². The molecule has 1 aliphatic heterocycles. The molecule has 0 spiro atoms. The lowest BCUT2D eigenvalue weighted by molar-refractivity contribution is -0.120. The second kappa shape index (κ2) is 9.09. The van der Waals surface area contributed by atoms with E-state index in [1.54, 1.807) is 24.3 Å². The summed E-state index contributed by atoms with van der Waals surface area (Å²) in [5.41, 5.74) is 4.12. The highest BCUT2D eigenvalue weighted by Gasteiger charge is 2.33. The molecule has 1 amide bonds. The molecule has 3 rings (SSSR count). The topological polar surface area (TPSA) is 66.5 Å². The largest absolute Gasteiger partial charge is 0.325 e. The summed E-state index contributed by atoms with van der Waals surface area (Å²) in [6.07, 6.45) is 3.05. The number of carbonyl (C=O) groups is 1. The number of amides is 1. The second-order valence-corrected chi connectivity index (χ2v) is 9.60. The molecule has 0 bridgehead atoms. The maximum Gasteiger partial charge on any atom is 0.243 e. The van der Waals surface area contributed by atoms with Gasteiger partial charge in [0.05, 0.1) is 10.8 Å². The van der Waals surface area contributed by atoms with Gasteiger partial charge in [0.1, 0.15) is 0 Å². The highest BCUT2D eigenvalue weighted by Crippen LogP contribution is 2.27. The highest BCUT2D eigenvalue weighted by atomic mass is 32.2. The number of aryl methyl sites for hydroxylation is 3. The van der Waals surface area contributed by atoms with Crippen LogP contribution in [0, 0.1) is 12.8 Å². The van der Waals surface area contributed by atoms with E-state index in [-0.39, 0.29) is 23.3 Å². The number of rotatable bonds is 6. The molecule has 1 fully saturated rings. The first-order chi connectivity index (χ1) is 13.9. The molecule has 1 atom stereocenters. The first kappa shape index (κ1) is 21.5. The molecule has 2 aromatic rings. The first-order valence-electron chi connectivity index (χ1n) is 10.3. The zero-order valence-electron chi connectivity index (χ0n) is 17.4. The van der Waals surface area contributed by atoms with Crippen molar-refractivity contribution in [3.8, 4) is 0 Å². The number of benzene rings is 2. The van der Waals surface area contributed by atoms with E-state index in [0.29, 0.717) is 19.4 Å². The van der Waals surface area contributed by atoms with Crippen LogP contribution < -0.4 is 5.32 Å². The quantitative estimate of drug-likeness (QED) is 0.772. The van der Waals surface area contributed by atoms with E-state index in [2.05, 4.69) is 19.2 Å². The van der Waals surface area contributed by atoms with Crippen molar-refractivity contribution in [2.45, 2.75) is 51.3 Å². The van der Waals surface area contributed by atoms with Crippen LogP contribution in [0.5, 0.6) is 0 Å². The van der Waals surface area contributed by atoms with Crippen molar-refractivity contribution >= 4 is 21.6 Å². The van der Waals surface area contributed by atoms with Gasteiger partial charge in [0.15, 0.2) is 0 Å². The Morgan fingerprint density at radius 1 is 1.07 bits per heavy atom. The van der Waals surface area contributed by atoms with Gasteiger partial charge in [-0.25, -0.2) is 8.42 Å². The van der Waals surface area contributed by atoms with E-state index >= 15 is 0 Å². The van der Waals surface area contributed by atoms with Crippen LogP contribution in [0.25, 0.3) is 0 Å². The summed E-state index contributed by atoms with van der Waals surface area (Å²) in [6, 6.07) is 13.0. The van der Waals surface area contributed by atoms with Gasteiger partial charge in [0.25, 0.3) is 0 Å². The van der Waals surface area contributed by atoms with Crippen LogP contribution in [0.15, 0.2) is 47.4 Å². The number of carbonyl (C=O) groups excluding carboxylic acids is 1. The Morgan fingerprint density at radius 3 is 2.28 bits per heavy atom. The molecule has 2 aromatic carbocycles. The van der Waals surface area contributed by atoms with Gasteiger partial charge in [0.2, 0.25) is 15.9 Å². The molecule has 156 valence electrons. The first-order valence-corrected chi connectivity index (χ1v) is 11.8. The number of piperidine rings is 1. The van der Waals surface area contributed by atoms with Crippen molar-refractivity contribution in [1.82, 2.24) is 4.31 Å². The van der Waals surface area contributed by atoms with Crippen LogP contribution in [0.2, 0.25) is 0 Å². The lowest BCUT2D eigenvalue weighted by Gasteiger charge is -2.31. The minimum Gasteiger partial charge on any atom is -0.325 e. The van der Waals surface area contributed by atoms with Gasteiger partial charge in [-0.2, -0.15) is 4.31 Å². The van der Waals surface area contributed by atoms with Crippen LogP contribution in [-0.2, 0) is 27.7 Å². The summed E-state index contributed by atoms with van der Waals surface area (Å²) in [6.45, 7) is 6.74. The molecule has 1 N–H and O–H groups in total. The fraction of sp³-hybridized carbons (Fsp3) is 0.435. The molecular weight excluding hydrogens is 384 g/mol. The zero-order chi connectivity index (χ0) is 21.0. The van der Waals surface area contributed by atoms with Gasteiger partial charge in [-0.15, -0.1) is 0 Å². The van der Waals surface area contributed by atoms with Crippen LogP contribution >= 0.6 is 0 Å². The van der Waals surface area contributed by atoms with Gasteiger partial charge in [-0.3, -0.25) is 4.79 Å². The van der Waals surface area contributed by atoms with Crippen molar-refractivity contribution in [1.29, 1.82) is 0 Å². The fourth-order valence-electron chi connectivity index (χ4n) is 3.86. The Hall–Kier alpha value is -2.18. The number of para-hydroxylation sites is 1. The SMILES string of the molecule is CCc1cccc(CC)c1NC(=O)[C@@H]1CCCN(S(=O)(=O)c2ccc(C)cc2)C1. The van der Waals surface area contributed by atoms with Crippen molar-refractivity contribution < 1.29 is 13.2 Å². The Bertz CT molecular complexity index is 946. The molecule has 0 unspecified atom stereocenters. The van der Waals surface area contributed by atoms with Crippen molar-refractivity contribution in [2.24, 2.45) is 5.92 Å². The van der Waals surface area contributed by atoms with Gasteiger partial charge in [0, 0.05) is 18.8 Å². The number of hydrogen-bond acceptors (Lipinski definition) is 3. The van der Waals surface area contributed by atoms with Crippen molar-refractivity contribution in [2.75, 3.05) is 18.4 Å². The molecule has 1 saturated heterocycles. The van der Waals surface area contributed by atoms with Crippen molar-refractivity contribution in [3.05, 3.63) is 59.2 Å². The summed E-state index contributed by atoms with van der Waals surface area (Å²) in [5, 5.41) is 3.11. The third-order valence-electron chi connectivity index (χ3n) is 5.66. The molecule has 29 heavy (non-hydrogen) atoms. The van der Waals surface area contributed by atoms with Crippen LogP contribution in [0.3, 0.4) is 0 Å². The highest BCUT2D eigenvalue weighted by molar-refractivity contribution is 7.89. The van der Waals surface area contributed by atoms with E-state index in [4.69, 9.17) is 0 Å². The zero-order valence-corrected chi connectivity index (χ0v) is 18.3. The molecule has 1 heterocycles. The minimum atomic E-state index is -3.59.